The monoisotopic (exact) mass is 308 g/mol. The number of hydrogen-bond donors (Lipinski definition) is 1. The van der Waals surface area contributed by atoms with Crippen LogP contribution >= 0.6 is 0 Å². The van der Waals surface area contributed by atoms with Gasteiger partial charge in [-0.05, 0) is 32.7 Å². The average Bonchev–Trinajstić information content (AvgIpc) is 3.21. The van der Waals surface area contributed by atoms with E-state index in [2.05, 4.69) is 22.4 Å². The Bertz CT molecular complexity index is 515. The van der Waals surface area contributed by atoms with Gasteiger partial charge in [-0.25, -0.2) is 4.79 Å². The van der Waals surface area contributed by atoms with Crippen molar-refractivity contribution in [2.75, 3.05) is 45.2 Å². The quantitative estimate of drug-likeness (QED) is 0.894. The topological polar surface area (TPSA) is 70.8 Å². The number of carbonyl (C=O) groups is 1. The summed E-state index contributed by atoms with van der Waals surface area (Å²) >= 11 is 0. The Morgan fingerprint density at radius 2 is 2.32 bits per heavy atom. The van der Waals surface area contributed by atoms with Crippen LogP contribution in [0.25, 0.3) is 0 Å². The summed E-state index contributed by atoms with van der Waals surface area (Å²) in [7, 11) is 2.08. The normalized spacial score (nSPS) is 22.5. The summed E-state index contributed by atoms with van der Waals surface area (Å²) in [4.78, 5) is 16.6. The number of likely N-dealkylation sites (N-methyl/N-ethyl adjacent to an activating group) is 1. The van der Waals surface area contributed by atoms with Gasteiger partial charge in [0.1, 0.15) is 6.26 Å². The Hall–Kier alpha value is -1.60. The van der Waals surface area contributed by atoms with Crippen LogP contribution in [0, 0.1) is 12.8 Å². The van der Waals surface area contributed by atoms with E-state index in [1.54, 1.807) is 0 Å². The van der Waals surface area contributed by atoms with Crippen LogP contribution in [0.3, 0.4) is 0 Å². The molecule has 7 nitrogen and oxygen atoms in total. The smallest absolute Gasteiger partial charge is 0.323 e. The highest BCUT2D eigenvalue weighted by atomic mass is 16.5. The van der Waals surface area contributed by atoms with E-state index in [-0.39, 0.29) is 12.1 Å². The van der Waals surface area contributed by atoms with Gasteiger partial charge in [0.2, 0.25) is 0 Å². The molecule has 2 aliphatic rings. The summed E-state index contributed by atoms with van der Waals surface area (Å²) < 4.78 is 10.7. The van der Waals surface area contributed by atoms with Crippen molar-refractivity contribution in [1.82, 2.24) is 15.0 Å². The first-order chi connectivity index (χ1) is 10.6. The Morgan fingerprint density at radius 1 is 1.50 bits per heavy atom. The zero-order valence-corrected chi connectivity index (χ0v) is 13.2. The molecule has 1 N–H and O–H groups in total. The minimum atomic E-state index is -0.124. The van der Waals surface area contributed by atoms with Gasteiger partial charge in [0, 0.05) is 31.7 Å². The number of urea groups is 1. The Kier molecular flexibility index (Phi) is 4.63. The molecule has 1 saturated heterocycles. The van der Waals surface area contributed by atoms with E-state index < -0.39 is 0 Å². The molecular formula is C15H24N4O3. The van der Waals surface area contributed by atoms with Crippen LogP contribution in [0.5, 0.6) is 0 Å². The first kappa shape index (κ1) is 15.3. The van der Waals surface area contributed by atoms with E-state index >= 15 is 0 Å². The molecule has 2 amide bonds. The van der Waals surface area contributed by atoms with Crippen LogP contribution in [0.15, 0.2) is 10.8 Å². The van der Waals surface area contributed by atoms with Crippen molar-refractivity contribution >= 4 is 11.8 Å². The molecule has 2 heterocycles. The molecule has 122 valence electrons. The van der Waals surface area contributed by atoms with Crippen LogP contribution in [-0.4, -0.2) is 66.9 Å². The molecule has 0 spiro atoms. The van der Waals surface area contributed by atoms with Gasteiger partial charge in [-0.2, -0.15) is 0 Å². The molecule has 0 unspecified atom stereocenters. The van der Waals surface area contributed by atoms with E-state index in [1.807, 2.05) is 11.8 Å². The second-order valence-electron chi connectivity index (χ2n) is 6.38. The van der Waals surface area contributed by atoms with Crippen LogP contribution in [0.1, 0.15) is 18.4 Å². The van der Waals surface area contributed by atoms with Crippen molar-refractivity contribution in [1.29, 1.82) is 0 Å². The highest BCUT2D eigenvalue weighted by Gasteiger charge is 2.30. The Balaban J connectivity index is 1.60. The van der Waals surface area contributed by atoms with Gasteiger partial charge in [-0.1, -0.05) is 5.16 Å². The summed E-state index contributed by atoms with van der Waals surface area (Å²) in [6.07, 6.45) is 4.01. The van der Waals surface area contributed by atoms with Crippen molar-refractivity contribution in [3.63, 3.8) is 0 Å². The third-order valence-electron chi connectivity index (χ3n) is 4.20. The summed E-state index contributed by atoms with van der Waals surface area (Å²) in [5.41, 5.74) is 0.827. The summed E-state index contributed by atoms with van der Waals surface area (Å²) in [6.45, 7) is 5.79. The molecule has 1 aromatic heterocycles. The van der Waals surface area contributed by atoms with Gasteiger partial charge in [0.05, 0.1) is 12.7 Å². The predicted octanol–water partition coefficient (Wildman–Crippen LogP) is 1.56. The van der Waals surface area contributed by atoms with Gasteiger partial charge < -0.3 is 19.1 Å². The maximum atomic E-state index is 12.5. The number of morpholine rings is 1. The number of anilines is 1. The highest BCUT2D eigenvalue weighted by molar-refractivity contribution is 5.88. The molecule has 0 radical (unpaired) electrons. The third kappa shape index (κ3) is 3.98. The largest absolute Gasteiger partial charge is 0.374 e. The molecule has 2 fully saturated rings. The molecule has 7 heteroatoms. The zero-order chi connectivity index (χ0) is 15.5. The number of nitrogens with one attached hydrogen (secondary N) is 1. The maximum Gasteiger partial charge on any atom is 0.323 e. The maximum absolute atomic E-state index is 12.5. The Labute approximate surface area is 130 Å². The number of aryl methyl sites for hydroxylation is 1. The number of aromatic nitrogens is 1. The van der Waals surface area contributed by atoms with Crippen molar-refractivity contribution in [3.8, 4) is 0 Å². The molecule has 3 rings (SSSR count). The van der Waals surface area contributed by atoms with Crippen LogP contribution in [0.2, 0.25) is 0 Å². The number of hydrogen-bond acceptors (Lipinski definition) is 5. The number of ether oxygens (including phenoxy) is 1. The van der Waals surface area contributed by atoms with Crippen molar-refractivity contribution in [2.24, 2.45) is 5.92 Å². The van der Waals surface area contributed by atoms with Gasteiger partial charge in [0.25, 0.3) is 0 Å². The van der Waals surface area contributed by atoms with Gasteiger partial charge >= 0.3 is 6.03 Å². The fourth-order valence-electron chi connectivity index (χ4n) is 2.66. The molecule has 0 aromatic carbocycles. The lowest BCUT2D eigenvalue weighted by atomic mass is 10.2. The number of rotatable bonds is 5. The van der Waals surface area contributed by atoms with Crippen LogP contribution < -0.4 is 5.32 Å². The Morgan fingerprint density at radius 3 is 2.95 bits per heavy atom. The lowest BCUT2D eigenvalue weighted by Crippen LogP contribution is -2.49. The second kappa shape index (κ2) is 6.66. The first-order valence-corrected chi connectivity index (χ1v) is 7.89. The van der Waals surface area contributed by atoms with E-state index in [9.17, 15) is 4.79 Å². The molecule has 1 aliphatic heterocycles. The van der Waals surface area contributed by atoms with Crippen molar-refractivity contribution < 1.29 is 14.1 Å². The zero-order valence-electron chi connectivity index (χ0n) is 13.2. The molecular weight excluding hydrogens is 284 g/mol. The molecule has 22 heavy (non-hydrogen) atoms. The number of carbonyl (C=O) groups excluding carboxylic acids is 1. The fourth-order valence-corrected chi connectivity index (χ4v) is 2.66. The van der Waals surface area contributed by atoms with E-state index in [4.69, 9.17) is 9.26 Å². The molecule has 0 bridgehead atoms. The molecule has 1 saturated carbocycles. The summed E-state index contributed by atoms with van der Waals surface area (Å²) in [6, 6.07) is -0.124. The average molecular weight is 308 g/mol. The van der Waals surface area contributed by atoms with Crippen molar-refractivity contribution in [3.05, 3.63) is 11.8 Å². The number of nitrogens with zero attached hydrogens (tertiary/aromatic N) is 3. The minimum Gasteiger partial charge on any atom is -0.374 e. The minimum absolute atomic E-state index is 0.0710. The van der Waals surface area contributed by atoms with Crippen LogP contribution in [-0.2, 0) is 4.74 Å². The van der Waals surface area contributed by atoms with E-state index in [0.29, 0.717) is 18.3 Å². The lowest BCUT2D eigenvalue weighted by Gasteiger charge is -2.34. The lowest BCUT2D eigenvalue weighted by molar-refractivity contribution is -0.0302. The third-order valence-corrected chi connectivity index (χ3v) is 4.20. The van der Waals surface area contributed by atoms with Crippen LogP contribution in [0.4, 0.5) is 10.6 Å². The highest BCUT2D eigenvalue weighted by Crippen LogP contribution is 2.30. The van der Waals surface area contributed by atoms with Gasteiger partial charge in [-0.15, -0.1) is 0 Å². The van der Waals surface area contributed by atoms with E-state index in [1.165, 1.54) is 19.1 Å². The fraction of sp³-hybridized carbons (Fsp3) is 0.733. The predicted molar refractivity (Wildman–Crippen MR) is 81.8 cm³/mol. The SMILES string of the molecule is Cc1conc1NC(=O)N(CC1CC1)C[C@H]1CN(C)CCO1. The van der Waals surface area contributed by atoms with Crippen molar-refractivity contribution in [2.45, 2.75) is 25.9 Å². The molecule has 1 aromatic rings. The number of amides is 2. The molecule has 1 aliphatic carbocycles. The summed E-state index contributed by atoms with van der Waals surface area (Å²) in [5, 5.41) is 6.66. The van der Waals surface area contributed by atoms with Gasteiger partial charge in [0.15, 0.2) is 5.82 Å². The molecule has 1 atom stereocenters. The van der Waals surface area contributed by atoms with Gasteiger partial charge in [-0.3, -0.25) is 5.32 Å². The first-order valence-electron chi connectivity index (χ1n) is 7.89. The summed E-state index contributed by atoms with van der Waals surface area (Å²) in [5.74, 6) is 1.12. The standard InChI is InChI=1S/C15H24N4O3/c1-11-10-22-17-14(11)16-15(20)19(7-12-3-4-12)9-13-8-18(2)5-6-21-13/h10,12-13H,3-9H2,1-2H3,(H,16,17,20)/t13-/m1/s1. The van der Waals surface area contributed by atoms with E-state index in [0.717, 1.165) is 31.8 Å². The second-order valence-corrected chi connectivity index (χ2v) is 6.38.